The summed E-state index contributed by atoms with van der Waals surface area (Å²) in [5.74, 6) is 0.657. The first kappa shape index (κ1) is 13.9. The second-order valence-corrected chi connectivity index (χ2v) is 5.29. The summed E-state index contributed by atoms with van der Waals surface area (Å²) in [7, 11) is 1.63. The molecule has 1 aromatic rings. The van der Waals surface area contributed by atoms with Gasteiger partial charge in [-0.3, -0.25) is 9.59 Å². The van der Waals surface area contributed by atoms with Gasteiger partial charge in [0.25, 0.3) is 0 Å². The van der Waals surface area contributed by atoms with Gasteiger partial charge in [-0.1, -0.05) is 22.0 Å². The Kier molecular flexibility index (Phi) is 4.42. The molecule has 1 heterocycles. The lowest BCUT2D eigenvalue weighted by Gasteiger charge is -2.31. The molecule has 19 heavy (non-hydrogen) atoms. The van der Waals surface area contributed by atoms with E-state index in [-0.39, 0.29) is 24.9 Å². The fraction of sp³-hybridized carbons (Fsp3) is 0.385. The van der Waals surface area contributed by atoms with E-state index in [0.29, 0.717) is 13.2 Å². The summed E-state index contributed by atoms with van der Waals surface area (Å²) in [6.07, 6.45) is 0. The van der Waals surface area contributed by atoms with Crippen LogP contribution in [0.15, 0.2) is 28.7 Å². The monoisotopic (exact) mass is 326 g/mol. The summed E-state index contributed by atoms with van der Waals surface area (Å²) in [5, 5.41) is 0. The predicted molar refractivity (Wildman–Crippen MR) is 73.9 cm³/mol. The van der Waals surface area contributed by atoms with Crippen molar-refractivity contribution in [2.24, 2.45) is 0 Å². The maximum Gasteiger partial charge on any atom is 0.242 e. The van der Waals surface area contributed by atoms with E-state index in [9.17, 15) is 9.59 Å². The van der Waals surface area contributed by atoms with E-state index in [0.717, 1.165) is 10.2 Å². The van der Waals surface area contributed by atoms with Gasteiger partial charge in [-0.25, -0.2) is 0 Å². The van der Waals surface area contributed by atoms with Gasteiger partial charge in [-0.05, 0) is 18.2 Å². The molecular formula is C13H15BrN2O3. The summed E-state index contributed by atoms with van der Waals surface area (Å²) < 4.78 is 6.49. The lowest BCUT2D eigenvalue weighted by Crippen LogP contribution is -2.53. The van der Waals surface area contributed by atoms with E-state index < -0.39 is 0 Å². The van der Waals surface area contributed by atoms with Crippen molar-refractivity contribution in [2.45, 2.75) is 0 Å². The number of nitrogens with zero attached hydrogens (tertiary/aromatic N) is 2. The fourth-order valence-corrected chi connectivity index (χ4v) is 2.18. The molecule has 1 saturated heterocycles. The van der Waals surface area contributed by atoms with Gasteiger partial charge < -0.3 is 14.5 Å². The minimum absolute atomic E-state index is 0.0398. The van der Waals surface area contributed by atoms with Crippen LogP contribution in [-0.2, 0) is 9.59 Å². The van der Waals surface area contributed by atoms with Crippen molar-refractivity contribution >= 4 is 27.7 Å². The van der Waals surface area contributed by atoms with E-state index >= 15 is 0 Å². The summed E-state index contributed by atoms with van der Waals surface area (Å²) in [5.41, 5.74) is 0. The van der Waals surface area contributed by atoms with Crippen LogP contribution in [0.2, 0.25) is 0 Å². The number of halogens is 1. The molecule has 0 bridgehead atoms. The molecule has 1 aromatic carbocycles. The van der Waals surface area contributed by atoms with Gasteiger partial charge in [0.05, 0.1) is 19.6 Å². The largest absolute Gasteiger partial charge is 0.492 e. The van der Waals surface area contributed by atoms with Crippen LogP contribution in [0.25, 0.3) is 0 Å². The Bertz CT molecular complexity index is 493. The highest BCUT2D eigenvalue weighted by Crippen LogP contribution is 2.17. The first-order valence-electron chi connectivity index (χ1n) is 5.96. The molecule has 0 radical (unpaired) electrons. The van der Waals surface area contributed by atoms with Gasteiger partial charge in [-0.2, -0.15) is 0 Å². The fourth-order valence-electron chi connectivity index (χ4n) is 1.80. The molecule has 2 amide bonds. The van der Waals surface area contributed by atoms with Crippen molar-refractivity contribution < 1.29 is 14.3 Å². The van der Waals surface area contributed by atoms with Gasteiger partial charge in [-0.15, -0.1) is 0 Å². The Morgan fingerprint density at radius 1 is 1.26 bits per heavy atom. The summed E-state index contributed by atoms with van der Waals surface area (Å²) >= 11 is 3.36. The zero-order valence-electron chi connectivity index (χ0n) is 10.6. The van der Waals surface area contributed by atoms with Gasteiger partial charge in [0.2, 0.25) is 11.8 Å². The van der Waals surface area contributed by atoms with E-state index in [4.69, 9.17) is 4.74 Å². The number of hydrogen-bond donors (Lipinski definition) is 0. The molecule has 1 aliphatic heterocycles. The third-order valence-corrected chi connectivity index (χ3v) is 3.40. The SMILES string of the molecule is CN1CC(=O)N(CCOc2cccc(Br)c2)CC1=O. The molecule has 0 aromatic heterocycles. The Morgan fingerprint density at radius 3 is 2.79 bits per heavy atom. The number of carbonyl (C=O) groups excluding carboxylic acids is 2. The van der Waals surface area contributed by atoms with Crippen LogP contribution in [0.4, 0.5) is 0 Å². The molecule has 5 nitrogen and oxygen atoms in total. The summed E-state index contributed by atoms with van der Waals surface area (Å²) in [6, 6.07) is 7.50. The van der Waals surface area contributed by atoms with Crippen LogP contribution in [0.5, 0.6) is 5.75 Å². The zero-order valence-corrected chi connectivity index (χ0v) is 12.2. The smallest absolute Gasteiger partial charge is 0.242 e. The number of carbonyl (C=O) groups is 2. The lowest BCUT2D eigenvalue weighted by molar-refractivity contribution is -0.149. The van der Waals surface area contributed by atoms with Crippen LogP contribution in [0.3, 0.4) is 0 Å². The number of rotatable bonds is 4. The zero-order chi connectivity index (χ0) is 13.8. The Balaban J connectivity index is 1.82. The molecule has 0 aliphatic carbocycles. The summed E-state index contributed by atoms with van der Waals surface area (Å²) in [4.78, 5) is 26.2. The van der Waals surface area contributed by atoms with E-state index in [1.54, 1.807) is 7.05 Å². The first-order chi connectivity index (χ1) is 9.06. The van der Waals surface area contributed by atoms with Crippen LogP contribution in [0.1, 0.15) is 0 Å². The normalized spacial score (nSPS) is 15.9. The molecule has 102 valence electrons. The second-order valence-electron chi connectivity index (χ2n) is 4.37. The van der Waals surface area contributed by atoms with Gasteiger partial charge in [0.1, 0.15) is 12.4 Å². The number of likely N-dealkylation sites (N-methyl/N-ethyl adjacent to an activating group) is 1. The molecule has 0 N–H and O–H groups in total. The average Bonchev–Trinajstić information content (AvgIpc) is 2.35. The van der Waals surface area contributed by atoms with Crippen molar-refractivity contribution in [3.05, 3.63) is 28.7 Å². The Hall–Kier alpha value is -1.56. The molecular weight excluding hydrogens is 312 g/mol. The number of hydrogen-bond acceptors (Lipinski definition) is 3. The van der Waals surface area contributed by atoms with Crippen molar-refractivity contribution in [1.82, 2.24) is 9.80 Å². The maximum atomic E-state index is 11.7. The maximum absolute atomic E-state index is 11.7. The molecule has 0 spiro atoms. The highest BCUT2D eigenvalue weighted by atomic mass is 79.9. The van der Waals surface area contributed by atoms with E-state index in [1.807, 2.05) is 24.3 Å². The Labute approximate surface area is 120 Å². The van der Waals surface area contributed by atoms with Gasteiger partial charge in [0.15, 0.2) is 0 Å². The molecule has 0 saturated carbocycles. The third-order valence-electron chi connectivity index (χ3n) is 2.90. The number of benzene rings is 1. The number of amides is 2. The van der Waals surface area contributed by atoms with Crippen molar-refractivity contribution in [1.29, 1.82) is 0 Å². The molecule has 0 atom stereocenters. The number of piperazine rings is 1. The molecule has 1 aliphatic rings. The van der Waals surface area contributed by atoms with Crippen LogP contribution in [0, 0.1) is 0 Å². The average molecular weight is 327 g/mol. The van der Waals surface area contributed by atoms with Crippen molar-refractivity contribution in [2.75, 3.05) is 33.3 Å². The van der Waals surface area contributed by atoms with Gasteiger partial charge in [0, 0.05) is 11.5 Å². The predicted octanol–water partition coefficient (Wildman–Crippen LogP) is 1.13. The van der Waals surface area contributed by atoms with Gasteiger partial charge >= 0.3 is 0 Å². The summed E-state index contributed by atoms with van der Waals surface area (Å²) in [6.45, 7) is 1.08. The Morgan fingerprint density at radius 2 is 2.05 bits per heavy atom. The van der Waals surface area contributed by atoms with E-state index in [2.05, 4.69) is 15.9 Å². The molecule has 6 heteroatoms. The van der Waals surface area contributed by atoms with Crippen LogP contribution >= 0.6 is 15.9 Å². The highest BCUT2D eigenvalue weighted by molar-refractivity contribution is 9.10. The second kappa shape index (κ2) is 6.06. The van der Waals surface area contributed by atoms with Crippen LogP contribution in [-0.4, -0.2) is 54.9 Å². The quantitative estimate of drug-likeness (QED) is 0.833. The number of ether oxygens (including phenoxy) is 1. The first-order valence-corrected chi connectivity index (χ1v) is 6.75. The standard InChI is InChI=1S/C13H15BrN2O3/c1-15-8-13(18)16(9-12(15)17)5-6-19-11-4-2-3-10(14)7-11/h2-4,7H,5-6,8-9H2,1H3. The van der Waals surface area contributed by atoms with Crippen LogP contribution < -0.4 is 4.74 Å². The third kappa shape index (κ3) is 3.70. The minimum atomic E-state index is -0.0417. The molecule has 2 rings (SSSR count). The molecule has 1 fully saturated rings. The highest BCUT2D eigenvalue weighted by Gasteiger charge is 2.26. The minimum Gasteiger partial charge on any atom is -0.492 e. The van der Waals surface area contributed by atoms with Crippen molar-refractivity contribution in [3.63, 3.8) is 0 Å². The topological polar surface area (TPSA) is 49.9 Å². The molecule has 0 unspecified atom stereocenters. The van der Waals surface area contributed by atoms with E-state index in [1.165, 1.54) is 9.80 Å². The lowest BCUT2D eigenvalue weighted by atomic mass is 10.3. The van der Waals surface area contributed by atoms with Crippen molar-refractivity contribution in [3.8, 4) is 5.75 Å².